The summed E-state index contributed by atoms with van der Waals surface area (Å²) in [4.78, 5) is 36.0. The number of fused-ring (bicyclic) bond motifs is 1. The van der Waals surface area contributed by atoms with Gasteiger partial charge in [0.1, 0.15) is 17.9 Å². The Balaban J connectivity index is 1.66. The van der Waals surface area contributed by atoms with Crippen molar-refractivity contribution >= 4 is 17.6 Å². The Bertz CT molecular complexity index is 983. The van der Waals surface area contributed by atoms with E-state index in [-0.39, 0.29) is 29.6 Å². The molecule has 6 heteroatoms. The maximum atomic E-state index is 12.6. The Morgan fingerprint density at radius 1 is 1.10 bits per heavy atom. The molecule has 1 unspecified atom stereocenters. The first-order chi connectivity index (χ1) is 14.7. The van der Waals surface area contributed by atoms with Crippen LogP contribution in [0.1, 0.15) is 50.0 Å². The number of carbonyl (C=O) groups is 3. The molecule has 31 heavy (non-hydrogen) atoms. The normalized spacial score (nSPS) is 15.7. The zero-order valence-electron chi connectivity index (χ0n) is 18.5. The molecule has 1 aliphatic rings. The Morgan fingerprint density at radius 2 is 1.84 bits per heavy atom. The molecule has 2 aromatic carbocycles. The van der Waals surface area contributed by atoms with Crippen LogP contribution in [0.5, 0.6) is 5.75 Å². The Kier molecular flexibility index (Phi) is 7.10. The maximum absolute atomic E-state index is 12.6. The second-order valence-corrected chi connectivity index (χ2v) is 8.50. The first-order valence-electron chi connectivity index (χ1n) is 10.7. The molecule has 2 amide bonds. The quantitative estimate of drug-likeness (QED) is 0.638. The number of carbonyl (C=O) groups excluding carboxylic acids is 3. The van der Waals surface area contributed by atoms with Crippen molar-refractivity contribution < 1.29 is 19.1 Å². The predicted octanol–water partition coefficient (Wildman–Crippen LogP) is 3.53. The third-order valence-electron chi connectivity index (χ3n) is 5.32. The van der Waals surface area contributed by atoms with E-state index >= 15 is 0 Å². The highest BCUT2D eigenvalue weighted by molar-refractivity contribution is 6.00. The molecule has 6 nitrogen and oxygen atoms in total. The van der Waals surface area contributed by atoms with Gasteiger partial charge in [-0.2, -0.15) is 0 Å². The fraction of sp³-hybridized carbons (Fsp3) is 0.400. The summed E-state index contributed by atoms with van der Waals surface area (Å²) < 4.78 is 6.00. The van der Waals surface area contributed by atoms with Gasteiger partial charge in [-0.25, -0.2) is 0 Å². The highest BCUT2D eigenvalue weighted by Crippen LogP contribution is 2.34. The van der Waals surface area contributed by atoms with E-state index in [1.165, 1.54) is 6.92 Å². The Labute approximate surface area is 183 Å². The highest BCUT2D eigenvalue weighted by Gasteiger charge is 2.26. The van der Waals surface area contributed by atoms with E-state index in [0.717, 1.165) is 22.4 Å². The lowest BCUT2D eigenvalue weighted by atomic mass is 9.95. The van der Waals surface area contributed by atoms with Crippen LogP contribution in [0.2, 0.25) is 0 Å². The number of Topliss-reactive ketones (excluding diaryl/α,β-unsaturated/α-hetero) is 1. The predicted molar refractivity (Wildman–Crippen MR) is 120 cm³/mol. The lowest BCUT2D eigenvalue weighted by Crippen LogP contribution is -2.48. The zero-order chi connectivity index (χ0) is 22.5. The second kappa shape index (κ2) is 9.77. The molecule has 2 aromatic rings. The number of ether oxygens (including phenoxy) is 1. The molecule has 1 heterocycles. The summed E-state index contributed by atoms with van der Waals surface area (Å²) in [5, 5.41) is 5.64. The summed E-state index contributed by atoms with van der Waals surface area (Å²) in [6.45, 7) is 7.38. The molecule has 0 spiro atoms. The maximum Gasteiger partial charge on any atom is 0.242 e. The van der Waals surface area contributed by atoms with Gasteiger partial charge in [-0.05, 0) is 48.1 Å². The second-order valence-electron chi connectivity index (χ2n) is 8.50. The smallest absolute Gasteiger partial charge is 0.242 e. The molecule has 0 saturated carbocycles. The number of hydrogen-bond donors (Lipinski definition) is 2. The van der Waals surface area contributed by atoms with Gasteiger partial charge in [0, 0.05) is 18.9 Å². The summed E-state index contributed by atoms with van der Waals surface area (Å²) >= 11 is 0. The van der Waals surface area contributed by atoms with Crippen LogP contribution in [0.15, 0.2) is 42.5 Å². The monoisotopic (exact) mass is 422 g/mol. The van der Waals surface area contributed by atoms with Crippen LogP contribution < -0.4 is 15.4 Å². The summed E-state index contributed by atoms with van der Waals surface area (Å²) in [7, 11) is 0. The van der Waals surface area contributed by atoms with Crippen molar-refractivity contribution in [2.24, 2.45) is 5.92 Å². The van der Waals surface area contributed by atoms with E-state index in [2.05, 4.69) is 16.7 Å². The van der Waals surface area contributed by atoms with Crippen LogP contribution in [0.4, 0.5) is 0 Å². The number of nitrogens with one attached hydrogen (secondary N) is 2. The van der Waals surface area contributed by atoms with E-state index in [0.29, 0.717) is 24.9 Å². The van der Waals surface area contributed by atoms with E-state index in [1.54, 1.807) is 6.92 Å². The topological polar surface area (TPSA) is 84.5 Å². The van der Waals surface area contributed by atoms with Gasteiger partial charge in [0.25, 0.3) is 0 Å². The van der Waals surface area contributed by atoms with Crippen LogP contribution >= 0.6 is 0 Å². The van der Waals surface area contributed by atoms with Gasteiger partial charge >= 0.3 is 0 Å². The summed E-state index contributed by atoms with van der Waals surface area (Å²) in [6, 6.07) is 13.0. The molecule has 0 bridgehead atoms. The molecule has 0 fully saturated rings. The summed E-state index contributed by atoms with van der Waals surface area (Å²) in [5.41, 5.74) is 3.62. The minimum absolute atomic E-state index is 0.0306. The third kappa shape index (κ3) is 5.72. The average Bonchev–Trinajstić information content (AvgIpc) is 3.13. The molecule has 0 aliphatic carbocycles. The van der Waals surface area contributed by atoms with E-state index < -0.39 is 6.04 Å². The van der Waals surface area contributed by atoms with Crippen LogP contribution in [0, 0.1) is 5.92 Å². The molecule has 2 N–H and O–H groups in total. The van der Waals surface area contributed by atoms with E-state index in [1.807, 2.05) is 50.2 Å². The van der Waals surface area contributed by atoms with Crippen molar-refractivity contribution in [1.82, 2.24) is 10.6 Å². The van der Waals surface area contributed by atoms with E-state index in [9.17, 15) is 14.4 Å². The first-order valence-corrected chi connectivity index (χ1v) is 10.7. The summed E-state index contributed by atoms with van der Waals surface area (Å²) in [6.07, 6.45) is 1.07. The van der Waals surface area contributed by atoms with Gasteiger partial charge in [-0.1, -0.05) is 44.2 Å². The fourth-order valence-electron chi connectivity index (χ4n) is 3.93. The Morgan fingerprint density at radius 3 is 2.52 bits per heavy atom. The van der Waals surface area contributed by atoms with Gasteiger partial charge in [0.05, 0.1) is 6.54 Å². The molecular weight excluding hydrogens is 392 g/mol. The molecule has 0 aromatic heterocycles. The fourth-order valence-corrected chi connectivity index (χ4v) is 3.93. The number of rotatable bonds is 8. The third-order valence-corrected chi connectivity index (χ3v) is 5.32. The highest BCUT2D eigenvalue weighted by atomic mass is 16.5. The molecular formula is C25H30N2O4. The standard InChI is InChI=1S/C25H30N2O4/c1-15(2)11-23(27-17(4)29)25(30)26-14-20-13-19-12-18(9-10-24(19)31-20)22-8-6-5-7-21(22)16(3)28/h5-10,12,15,20,23H,11,13-14H2,1-4H3,(H,26,30)(H,27,29)/t20?,23-/m0/s1. The van der Waals surface area contributed by atoms with Gasteiger partial charge in [-0.15, -0.1) is 0 Å². The Hall–Kier alpha value is -3.15. The molecule has 3 rings (SSSR count). The van der Waals surface area contributed by atoms with Crippen LogP contribution in [0.3, 0.4) is 0 Å². The van der Waals surface area contributed by atoms with Gasteiger partial charge in [0.2, 0.25) is 11.8 Å². The lowest BCUT2D eigenvalue weighted by Gasteiger charge is -2.20. The van der Waals surface area contributed by atoms with Crippen LogP contribution in [0.25, 0.3) is 11.1 Å². The van der Waals surface area contributed by atoms with Crippen molar-refractivity contribution in [1.29, 1.82) is 0 Å². The molecule has 164 valence electrons. The largest absolute Gasteiger partial charge is 0.488 e. The molecule has 2 atom stereocenters. The van der Waals surface area contributed by atoms with E-state index in [4.69, 9.17) is 4.74 Å². The van der Waals surface area contributed by atoms with Crippen molar-refractivity contribution in [2.75, 3.05) is 6.54 Å². The van der Waals surface area contributed by atoms with Crippen molar-refractivity contribution in [3.8, 4) is 16.9 Å². The molecule has 0 saturated heterocycles. The van der Waals surface area contributed by atoms with Crippen molar-refractivity contribution in [3.63, 3.8) is 0 Å². The number of benzene rings is 2. The number of hydrogen-bond acceptors (Lipinski definition) is 4. The summed E-state index contributed by atoms with van der Waals surface area (Å²) in [5.74, 6) is 0.695. The lowest BCUT2D eigenvalue weighted by molar-refractivity contribution is -0.128. The first kappa shape index (κ1) is 22.5. The van der Waals surface area contributed by atoms with Crippen molar-refractivity contribution in [3.05, 3.63) is 53.6 Å². The number of ketones is 1. The van der Waals surface area contributed by atoms with Crippen LogP contribution in [-0.4, -0.2) is 36.3 Å². The van der Waals surface area contributed by atoms with Gasteiger partial charge < -0.3 is 15.4 Å². The SMILES string of the molecule is CC(=O)N[C@@H](CC(C)C)C(=O)NCC1Cc2cc(-c3ccccc3C(C)=O)ccc2O1. The molecule has 1 aliphatic heterocycles. The minimum Gasteiger partial charge on any atom is -0.488 e. The minimum atomic E-state index is -0.545. The zero-order valence-corrected chi connectivity index (χ0v) is 18.5. The number of amides is 2. The molecule has 0 radical (unpaired) electrons. The van der Waals surface area contributed by atoms with Crippen LogP contribution in [-0.2, 0) is 16.0 Å². The average molecular weight is 423 g/mol. The van der Waals surface area contributed by atoms with Gasteiger partial charge in [-0.3, -0.25) is 14.4 Å². The van der Waals surface area contributed by atoms with Crippen molar-refractivity contribution in [2.45, 2.75) is 52.7 Å². The van der Waals surface area contributed by atoms with Gasteiger partial charge in [0.15, 0.2) is 5.78 Å².